The van der Waals surface area contributed by atoms with Gasteiger partial charge in [-0.05, 0) is 0 Å². The molecule has 0 amide bonds. The highest BCUT2D eigenvalue weighted by Crippen LogP contribution is 1.82. The molecule has 5 heavy (non-hydrogen) atoms. The smallest absolute Gasteiger partial charge is 0.223 e. The van der Waals surface area contributed by atoms with Crippen molar-refractivity contribution >= 4 is 27.4 Å². The molecule has 2 heteroatoms. The van der Waals surface area contributed by atoms with E-state index in [0.717, 1.165) is 0 Å². The second kappa shape index (κ2) is 4.75. The van der Waals surface area contributed by atoms with Crippen LogP contribution >= 0.6 is 14.1 Å². The summed E-state index contributed by atoms with van der Waals surface area (Å²) in [6.45, 7) is 3.56. The van der Waals surface area contributed by atoms with Crippen LogP contribution in [0.1, 0.15) is 0 Å². The fourth-order valence-corrected chi connectivity index (χ4v) is 1.20. The van der Waals surface area contributed by atoms with Gasteiger partial charge in [0.1, 0.15) is 0 Å². The first-order valence-corrected chi connectivity index (χ1v) is 6.48. The van der Waals surface area contributed by atoms with E-state index in [0.29, 0.717) is 0 Å². The molecule has 0 heterocycles. The average Bonchev–Trinajstić information content (AvgIpc) is 1.41. The minimum absolute atomic E-state index is 0.108. The summed E-state index contributed by atoms with van der Waals surface area (Å²) in [5.74, 6) is 0. The fourth-order valence-electron chi connectivity index (χ4n) is 0.0772. The van der Waals surface area contributed by atoms with Crippen LogP contribution in [0.2, 0.25) is 5.28 Å². The summed E-state index contributed by atoms with van der Waals surface area (Å²) in [6, 6.07) is 0. The maximum atomic E-state index is 3.56. The molecule has 0 aliphatic carbocycles. The van der Waals surface area contributed by atoms with Crippen LogP contribution < -0.4 is 0 Å². The van der Waals surface area contributed by atoms with Crippen molar-refractivity contribution in [2.24, 2.45) is 0 Å². The largest absolute Gasteiger partial charge is 0.346 e. The van der Waals surface area contributed by atoms with E-state index in [1.54, 1.807) is 0 Å². The van der Waals surface area contributed by atoms with Crippen LogP contribution in [0.5, 0.6) is 0 Å². The fraction of sp³-hybridized carbons (Fsp3) is 0.333. The van der Waals surface area contributed by atoms with Gasteiger partial charge >= 0.3 is 13.4 Å². The molecule has 0 unspecified atom stereocenters. The summed E-state index contributed by atoms with van der Waals surface area (Å²) >= 11 is 3.49. The van der Waals surface area contributed by atoms with Crippen molar-refractivity contribution in [3.05, 3.63) is 12.7 Å². The summed E-state index contributed by atoms with van der Waals surface area (Å²) in [7, 11) is 0. The molecule has 0 aliphatic heterocycles. The maximum absolute atomic E-state index is 3.56. The van der Waals surface area contributed by atoms with E-state index < -0.39 is 0 Å². The Hall–Kier alpha value is 0.752. The normalized spacial score (nSPS) is 6.60. The Morgan fingerprint density at radius 2 is 2.60 bits per heavy atom. The molecule has 0 atom stereocenters. The van der Waals surface area contributed by atoms with Gasteiger partial charge in [-0.25, -0.2) is 14.1 Å². The third-order valence-corrected chi connectivity index (χ3v) is 2.31. The molecule has 0 rings (SSSR count). The Kier molecular flexibility index (Phi) is 5.47. The van der Waals surface area contributed by atoms with Crippen LogP contribution in [0.4, 0.5) is 0 Å². The number of rotatable bonds is 2. The van der Waals surface area contributed by atoms with E-state index in [1.165, 1.54) is 5.28 Å². The molecule has 0 nitrogen and oxygen atoms in total. The van der Waals surface area contributed by atoms with E-state index >= 15 is 0 Å². The van der Waals surface area contributed by atoms with Gasteiger partial charge in [-0.2, -0.15) is 0 Å². The molecule has 28 valence electrons. The summed E-state index contributed by atoms with van der Waals surface area (Å²) in [4.78, 5) is 0. The lowest BCUT2D eigenvalue weighted by Crippen LogP contribution is -1.63. The molecule has 0 radical (unpaired) electrons. The van der Waals surface area contributed by atoms with E-state index in [4.69, 9.17) is 0 Å². The van der Waals surface area contributed by atoms with Gasteiger partial charge in [0.2, 0.25) is 0 Å². The molecule has 0 spiro atoms. The minimum atomic E-state index is 0.108. The zero-order valence-electron chi connectivity index (χ0n) is 3.08. The van der Waals surface area contributed by atoms with Crippen LogP contribution in [-0.2, 0) is 0 Å². The molecule has 0 aromatic carbocycles. The summed E-state index contributed by atoms with van der Waals surface area (Å²) < 4.78 is 0. The number of hydrogen-bond acceptors (Lipinski definition) is 0. The standard InChI is InChI=1S/C3H5.Al.BrH.H/c1-3-2;;;/h3H,1-2H2;;1H;/q;+1;;/p-1. The first-order valence-electron chi connectivity index (χ1n) is 1.58. The van der Waals surface area contributed by atoms with Crippen LogP contribution in [-0.4, -0.2) is 13.4 Å². The molecule has 0 saturated heterocycles. The number of hydrogen-bond donors (Lipinski definition) is 0. The van der Waals surface area contributed by atoms with Crippen molar-refractivity contribution in [2.75, 3.05) is 0 Å². The second-order valence-electron chi connectivity index (χ2n) is 0.766. The average molecular weight is 149 g/mol. The predicted molar refractivity (Wildman–Crippen MR) is 31.1 cm³/mol. The maximum Gasteiger partial charge on any atom is 0.346 e. The van der Waals surface area contributed by atoms with Crippen LogP contribution in [0.3, 0.4) is 0 Å². The van der Waals surface area contributed by atoms with Crippen molar-refractivity contribution in [3.8, 4) is 0 Å². The first kappa shape index (κ1) is 5.75. The Balaban J connectivity index is 2.40. The molecule has 0 aromatic heterocycles. The lowest BCUT2D eigenvalue weighted by molar-refractivity contribution is 1.76. The van der Waals surface area contributed by atoms with E-state index in [-0.39, 0.29) is 13.4 Å². The highest BCUT2D eigenvalue weighted by Gasteiger charge is 1.73. The lowest BCUT2D eigenvalue weighted by Gasteiger charge is -1.65. The Morgan fingerprint density at radius 1 is 2.00 bits per heavy atom. The molecule has 0 saturated carbocycles. The highest BCUT2D eigenvalue weighted by molar-refractivity contribution is 9.23. The van der Waals surface area contributed by atoms with Crippen molar-refractivity contribution < 1.29 is 0 Å². The predicted octanol–water partition coefficient (Wildman–Crippen LogP) is 1.34. The summed E-state index contributed by atoms with van der Waals surface area (Å²) in [5.41, 5.74) is 0. The molecule has 0 aliphatic rings. The van der Waals surface area contributed by atoms with Crippen LogP contribution in [0.15, 0.2) is 12.7 Å². The first-order chi connectivity index (χ1) is 2.41. The van der Waals surface area contributed by atoms with Crippen LogP contribution in [0.25, 0.3) is 0 Å². The van der Waals surface area contributed by atoms with Gasteiger partial charge in [0, 0.05) is 0 Å². The SMILES string of the molecule is C=C[CH2][AlH][Br]. The van der Waals surface area contributed by atoms with Gasteiger partial charge in [-0.15, -0.1) is 12.7 Å². The lowest BCUT2D eigenvalue weighted by atomic mass is 10.8. The third-order valence-electron chi connectivity index (χ3n) is 0.313. The van der Waals surface area contributed by atoms with Gasteiger partial charge < -0.3 is 0 Å². The highest BCUT2D eigenvalue weighted by atomic mass is 79.9. The van der Waals surface area contributed by atoms with Crippen LogP contribution in [0, 0.1) is 0 Å². The third kappa shape index (κ3) is 4.75. The van der Waals surface area contributed by atoms with Crippen molar-refractivity contribution in [1.82, 2.24) is 0 Å². The molecular weight excluding hydrogens is 143 g/mol. The second-order valence-corrected chi connectivity index (χ2v) is 4.10. The molecule has 0 fully saturated rings. The van der Waals surface area contributed by atoms with Gasteiger partial charge in [0.05, 0.1) is 0 Å². The quantitative estimate of drug-likeness (QED) is 0.410. The number of halogens is 1. The van der Waals surface area contributed by atoms with Gasteiger partial charge in [-0.1, -0.05) is 5.28 Å². The minimum Gasteiger partial charge on any atom is -0.223 e. The molecule has 0 bridgehead atoms. The molecule has 0 aromatic rings. The van der Waals surface area contributed by atoms with Crippen molar-refractivity contribution in [1.29, 1.82) is 0 Å². The topological polar surface area (TPSA) is 0 Å². The summed E-state index contributed by atoms with van der Waals surface area (Å²) in [6.07, 6.45) is 1.95. The molecular formula is C3H6AlBr. The van der Waals surface area contributed by atoms with Gasteiger partial charge in [-0.3, -0.25) is 0 Å². The van der Waals surface area contributed by atoms with E-state index in [2.05, 4.69) is 20.6 Å². The Morgan fingerprint density at radius 3 is 2.60 bits per heavy atom. The Bertz CT molecular complexity index is 28.1. The zero-order valence-corrected chi connectivity index (χ0v) is 6.08. The van der Waals surface area contributed by atoms with Gasteiger partial charge in [0.25, 0.3) is 0 Å². The Labute approximate surface area is 45.6 Å². The van der Waals surface area contributed by atoms with Gasteiger partial charge in [0.15, 0.2) is 0 Å². The number of allylic oxidation sites excluding steroid dienone is 1. The molecule has 0 N–H and O–H groups in total. The van der Waals surface area contributed by atoms with Crippen molar-refractivity contribution in [2.45, 2.75) is 5.28 Å². The zero-order chi connectivity index (χ0) is 4.12. The monoisotopic (exact) mass is 148 g/mol. The van der Waals surface area contributed by atoms with E-state index in [1.807, 2.05) is 6.08 Å². The summed E-state index contributed by atoms with van der Waals surface area (Å²) in [5, 5.41) is 1.21. The van der Waals surface area contributed by atoms with E-state index in [9.17, 15) is 0 Å². The van der Waals surface area contributed by atoms with Crippen molar-refractivity contribution in [3.63, 3.8) is 0 Å².